The molecule has 4 heterocycles. The highest BCUT2D eigenvalue weighted by molar-refractivity contribution is 5.95. The summed E-state index contributed by atoms with van der Waals surface area (Å²) in [7, 11) is 0. The largest absolute Gasteiger partial charge is 0.339 e. The number of rotatable bonds is 3. The Kier molecular flexibility index (Phi) is 4.30. The standard InChI is InChI=1S/C21H20N6O3/c1-14-24-20(30-25-14)21-12-26(18(28)15-6-3-2-4-7-15)10-16(21)11-27(13-21)19(29)17-22-8-5-9-23-17/h2-9,16H,10-13H2,1H3. The van der Waals surface area contributed by atoms with E-state index in [4.69, 9.17) is 4.52 Å². The molecule has 0 aliphatic carbocycles. The van der Waals surface area contributed by atoms with E-state index < -0.39 is 5.41 Å². The Morgan fingerprint density at radius 3 is 2.30 bits per heavy atom. The van der Waals surface area contributed by atoms with Gasteiger partial charge in [-0.25, -0.2) is 9.97 Å². The lowest BCUT2D eigenvalue weighted by Crippen LogP contribution is -2.41. The summed E-state index contributed by atoms with van der Waals surface area (Å²) in [5.74, 6) is 0.871. The van der Waals surface area contributed by atoms with Gasteiger partial charge < -0.3 is 14.3 Å². The normalized spacial score (nSPS) is 22.9. The summed E-state index contributed by atoms with van der Waals surface area (Å²) in [6.07, 6.45) is 3.10. The van der Waals surface area contributed by atoms with Crippen LogP contribution in [0.1, 0.15) is 32.7 Å². The van der Waals surface area contributed by atoms with E-state index in [-0.39, 0.29) is 23.6 Å². The highest BCUT2D eigenvalue weighted by atomic mass is 16.5. The molecular weight excluding hydrogens is 384 g/mol. The van der Waals surface area contributed by atoms with Crippen LogP contribution in [0.3, 0.4) is 0 Å². The summed E-state index contributed by atoms with van der Waals surface area (Å²) in [6.45, 7) is 3.52. The Labute approximate surface area is 172 Å². The number of amides is 2. The Morgan fingerprint density at radius 2 is 1.67 bits per heavy atom. The van der Waals surface area contributed by atoms with Crippen molar-refractivity contribution in [3.8, 4) is 0 Å². The predicted molar refractivity (Wildman–Crippen MR) is 104 cm³/mol. The molecule has 2 fully saturated rings. The van der Waals surface area contributed by atoms with Crippen LogP contribution in [0.5, 0.6) is 0 Å². The molecule has 30 heavy (non-hydrogen) atoms. The Bertz CT molecular complexity index is 1020. The van der Waals surface area contributed by atoms with E-state index in [0.717, 1.165) is 0 Å². The van der Waals surface area contributed by atoms with Crippen LogP contribution in [-0.4, -0.2) is 67.9 Å². The summed E-state index contributed by atoms with van der Waals surface area (Å²) in [5, 5.41) is 3.95. The van der Waals surface area contributed by atoms with E-state index in [1.165, 1.54) is 0 Å². The zero-order valence-electron chi connectivity index (χ0n) is 16.4. The lowest BCUT2D eigenvalue weighted by Gasteiger charge is -2.25. The highest BCUT2D eigenvalue weighted by Gasteiger charge is 2.59. The first-order chi connectivity index (χ1) is 14.6. The number of benzene rings is 1. The van der Waals surface area contributed by atoms with Gasteiger partial charge in [0, 0.05) is 50.1 Å². The Balaban J connectivity index is 1.45. The average Bonchev–Trinajstić information content (AvgIpc) is 3.46. The van der Waals surface area contributed by atoms with Gasteiger partial charge in [-0.15, -0.1) is 0 Å². The van der Waals surface area contributed by atoms with Gasteiger partial charge in [-0.1, -0.05) is 23.4 Å². The van der Waals surface area contributed by atoms with Crippen molar-refractivity contribution < 1.29 is 14.1 Å². The van der Waals surface area contributed by atoms with E-state index in [0.29, 0.717) is 43.5 Å². The SMILES string of the molecule is Cc1noc(C23CN(C(=O)c4ccccc4)CC2CN(C(=O)c2ncccn2)C3)n1. The molecule has 1 aromatic carbocycles. The second-order valence-corrected chi connectivity index (χ2v) is 7.81. The smallest absolute Gasteiger partial charge is 0.291 e. The van der Waals surface area contributed by atoms with Crippen LogP contribution in [0.15, 0.2) is 53.3 Å². The third kappa shape index (κ3) is 2.94. The van der Waals surface area contributed by atoms with Crippen LogP contribution < -0.4 is 0 Å². The molecule has 2 atom stereocenters. The topological polar surface area (TPSA) is 105 Å². The molecule has 2 amide bonds. The fraction of sp³-hybridized carbons (Fsp3) is 0.333. The zero-order valence-corrected chi connectivity index (χ0v) is 16.4. The number of likely N-dealkylation sites (tertiary alicyclic amines) is 2. The number of aryl methyl sites for hydroxylation is 1. The molecular formula is C21H20N6O3. The minimum atomic E-state index is -0.601. The first-order valence-electron chi connectivity index (χ1n) is 9.78. The van der Waals surface area contributed by atoms with Crippen LogP contribution in [0, 0.1) is 12.8 Å². The monoisotopic (exact) mass is 404 g/mol. The second kappa shape index (κ2) is 7.01. The van der Waals surface area contributed by atoms with Gasteiger partial charge in [0.25, 0.3) is 11.8 Å². The minimum absolute atomic E-state index is 0.0160. The van der Waals surface area contributed by atoms with Gasteiger partial charge in [0.1, 0.15) is 0 Å². The van der Waals surface area contributed by atoms with Crippen molar-refractivity contribution in [2.24, 2.45) is 5.92 Å². The molecule has 2 aliphatic rings. The first kappa shape index (κ1) is 18.4. The summed E-state index contributed by atoms with van der Waals surface area (Å²) < 4.78 is 5.55. The van der Waals surface area contributed by atoms with Gasteiger partial charge in [0.15, 0.2) is 5.82 Å². The number of fused-ring (bicyclic) bond motifs is 1. The summed E-state index contributed by atoms with van der Waals surface area (Å²) in [6, 6.07) is 10.9. The van der Waals surface area contributed by atoms with Crippen LogP contribution in [-0.2, 0) is 5.41 Å². The average molecular weight is 404 g/mol. The van der Waals surface area contributed by atoms with Gasteiger partial charge >= 0.3 is 0 Å². The van der Waals surface area contributed by atoms with E-state index in [9.17, 15) is 9.59 Å². The number of hydrogen-bond acceptors (Lipinski definition) is 7. The fourth-order valence-electron chi connectivity index (χ4n) is 4.49. The molecule has 9 heteroatoms. The van der Waals surface area contributed by atoms with Crippen molar-refractivity contribution in [2.75, 3.05) is 26.2 Å². The quantitative estimate of drug-likeness (QED) is 0.648. The van der Waals surface area contributed by atoms with E-state index in [1.54, 1.807) is 30.3 Å². The Hall–Kier alpha value is -3.62. The van der Waals surface area contributed by atoms with Crippen molar-refractivity contribution in [3.05, 3.63) is 71.9 Å². The zero-order chi connectivity index (χ0) is 20.7. The van der Waals surface area contributed by atoms with Crippen molar-refractivity contribution in [2.45, 2.75) is 12.3 Å². The summed E-state index contributed by atoms with van der Waals surface area (Å²) >= 11 is 0. The summed E-state index contributed by atoms with van der Waals surface area (Å²) in [4.78, 5) is 42.2. The van der Waals surface area contributed by atoms with Crippen LogP contribution in [0.2, 0.25) is 0 Å². The lowest BCUT2D eigenvalue weighted by atomic mass is 9.81. The molecule has 5 rings (SSSR count). The van der Waals surface area contributed by atoms with E-state index >= 15 is 0 Å². The molecule has 2 aliphatic heterocycles. The number of nitrogens with zero attached hydrogens (tertiary/aromatic N) is 6. The van der Waals surface area contributed by atoms with Gasteiger partial charge in [-0.3, -0.25) is 9.59 Å². The van der Waals surface area contributed by atoms with Crippen molar-refractivity contribution in [1.29, 1.82) is 0 Å². The maximum absolute atomic E-state index is 13.1. The maximum Gasteiger partial charge on any atom is 0.291 e. The fourth-order valence-corrected chi connectivity index (χ4v) is 4.49. The van der Waals surface area contributed by atoms with Crippen LogP contribution in [0.4, 0.5) is 0 Å². The number of hydrogen-bond donors (Lipinski definition) is 0. The lowest BCUT2D eigenvalue weighted by molar-refractivity contribution is 0.0720. The van der Waals surface area contributed by atoms with Crippen molar-refractivity contribution in [3.63, 3.8) is 0 Å². The molecule has 3 aromatic rings. The molecule has 9 nitrogen and oxygen atoms in total. The molecule has 2 unspecified atom stereocenters. The molecule has 0 saturated carbocycles. The number of carbonyl (C=O) groups is 2. The van der Waals surface area contributed by atoms with Crippen LogP contribution in [0.25, 0.3) is 0 Å². The minimum Gasteiger partial charge on any atom is -0.339 e. The van der Waals surface area contributed by atoms with Gasteiger partial charge in [-0.2, -0.15) is 4.98 Å². The maximum atomic E-state index is 13.1. The first-order valence-corrected chi connectivity index (χ1v) is 9.78. The third-order valence-electron chi connectivity index (χ3n) is 5.91. The van der Waals surface area contributed by atoms with E-state index in [2.05, 4.69) is 20.1 Å². The van der Waals surface area contributed by atoms with Crippen molar-refractivity contribution >= 4 is 11.8 Å². The number of carbonyl (C=O) groups excluding carboxylic acids is 2. The van der Waals surface area contributed by atoms with Crippen LogP contribution >= 0.6 is 0 Å². The highest BCUT2D eigenvalue weighted by Crippen LogP contribution is 2.45. The Morgan fingerprint density at radius 1 is 1.00 bits per heavy atom. The second-order valence-electron chi connectivity index (χ2n) is 7.81. The van der Waals surface area contributed by atoms with E-state index in [1.807, 2.05) is 35.2 Å². The van der Waals surface area contributed by atoms with Crippen molar-refractivity contribution in [1.82, 2.24) is 29.9 Å². The summed E-state index contributed by atoms with van der Waals surface area (Å²) in [5.41, 5.74) is 0.0378. The van der Waals surface area contributed by atoms with Gasteiger partial charge in [0.05, 0.1) is 5.41 Å². The van der Waals surface area contributed by atoms with Gasteiger partial charge in [0.2, 0.25) is 11.7 Å². The third-order valence-corrected chi connectivity index (χ3v) is 5.91. The molecule has 0 spiro atoms. The molecule has 2 saturated heterocycles. The number of aromatic nitrogens is 4. The molecule has 152 valence electrons. The molecule has 0 N–H and O–H groups in total. The molecule has 0 bridgehead atoms. The molecule has 0 radical (unpaired) electrons. The predicted octanol–water partition coefficient (Wildman–Crippen LogP) is 1.33. The van der Waals surface area contributed by atoms with Gasteiger partial charge in [-0.05, 0) is 25.1 Å². The molecule has 2 aromatic heterocycles.